The van der Waals surface area contributed by atoms with Gasteiger partial charge in [-0.3, -0.25) is 9.69 Å². The molecule has 0 bridgehead atoms. The van der Waals surface area contributed by atoms with E-state index in [0.717, 1.165) is 23.2 Å². The summed E-state index contributed by atoms with van der Waals surface area (Å²) in [6.07, 6.45) is 1.58. The zero-order chi connectivity index (χ0) is 30.0. The fraction of sp³-hybridized carbons (Fsp3) is 0.484. The molecule has 0 spiro atoms. The monoisotopic (exact) mass is 576 g/mol. The number of methoxy groups -OCH3 is 2. The minimum atomic E-state index is -0.274. The van der Waals surface area contributed by atoms with Gasteiger partial charge in [0.15, 0.2) is 28.8 Å². The number of rotatable bonds is 12. The van der Waals surface area contributed by atoms with Gasteiger partial charge in [0, 0.05) is 30.1 Å². The molecular weight excluding hydrogens is 536 g/mol. The third-order valence-electron chi connectivity index (χ3n) is 8.15. The number of fused-ring (bicyclic) bond motifs is 2. The summed E-state index contributed by atoms with van der Waals surface area (Å²) in [6, 6.07) is 11.5. The van der Waals surface area contributed by atoms with Crippen molar-refractivity contribution in [1.29, 1.82) is 0 Å². The molecule has 2 aromatic heterocycles. The van der Waals surface area contributed by atoms with Crippen LogP contribution in [0, 0.1) is 5.92 Å². The number of H-pyrrole nitrogens is 1. The highest BCUT2D eigenvalue weighted by molar-refractivity contribution is 5.83. The van der Waals surface area contributed by atoms with Crippen LogP contribution in [-0.2, 0) is 18.5 Å². The predicted molar refractivity (Wildman–Crippen MR) is 159 cm³/mol. The van der Waals surface area contributed by atoms with Crippen molar-refractivity contribution in [3.63, 3.8) is 0 Å². The molecule has 1 unspecified atom stereocenters. The van der Waals surface area contributed by atoms with E-state index >= 15 is 0 Å². The molecule has 11 heteroatoms. The number of aromatic amines is 1. The highest BCUT2D eigenvalue weighted by Gasteiger charge is 2.34. The molecule has 224 valence electrons. The molecule has 0 radical (unpaired) electrons. The van der Waals surface area contributed by atoms with Gasteiger partial charge < -0.3 is 23.9 Å². The minimum absolute atomic E-state index is 0.145. The molecule has 5 rings (SSSR count). The Bertz CT molecular complexity index is 1610. The second-order valence-electron chi connectivity index (χ2n) is 11.6. The summed E-state index contributed by atoms with van der Waals surface area (Å²) in [4.78, 5) is 18.8. The highest BCUT2D eigenvalue weighted by atomic mass is 16.7. The van der Waals surface area contributed by atoms with Crippen LogP contribution in [0.25, 0.3) is 10.9 Å². The number of hydrogen-bond acceptors (Lipinski definition) is 9. The Kier molecular flexibility index (Phi) is 8.40. The van der Waals surface area contributed by atoms with Crippen LogP contribution in [0.1, 0.15) is 64.0 Å². The molecule has 0 aliphatic carbocycles. The van der Waals surface area contributed by atoms with Gasteiger partial charge in [-0.25, -0.2) is 4.68 Å². The van der Waals surface area contributed by atoms with Gasteiger partial charge in [-0.05, 0) is 72.9 Å². The Hall–Kier alpha value is -4.12. The number of nitrogens with zero attached hydrogens (tertiary/aromatic N) is 5. The van der Waals surface area contributed by atoms with Crippen LogP contribution in [-0.4, -0.2) is 57.6 Å². The Morgan fingerprint density at radius 3 is 2.50 bits per heavy atom. The van der Waals surface area contributed by atoms with E-state index in [4.69, 9.17) is 18.9 Å². The molecular formula is C31H40N6O5. The lowest BCUT2D eigenvalue weighted by Gasteiger charge is -2.35. The summed E-state index contributed by atoms with van der Waals surface area (Å²) < 4.78 is 24.0. The molecule has 0 saturated carbocycles. The van der Waals surface area contributed by atoms with Gasteiger partial charge in [-0.1, -0.05) is 26.8 Å². The zero-order valence-corrected chi connectivity index (χ0v) is 25.4. The van der Waals surface area contributed by atoms with Crippen molar-refractivity contribution >= 4 is 10.9 Å². The molecule has 42 heavy (non-hydrogen) atoms. The number of ether oxygens (including phenoxy) is 4. The number of hydrogen-bond donors (Lipinski definition) is 1. The lowest BCUT2D eigenvalue weighted by Crippen LogP contribution is -2.39. The largest absolute Gasteiger partial charge is 0.493 e. The number of pyridine rings is 1. The lowest BCUT2D eigenvalue weighted by atomic mass is 9.97. The van der Waals surface area contributed by atoms with E-state index in [2.05, 4.69) is 60.0 Å². The zero-order valence-electron chi connectivity index (χ0n) is 25.4. The second-order valence-corrected chi connectivity index (χ2v) is 11.6. The maximum Gasteiger partial charge on any atom is 0.252 e. The van der Waals surface area contributed by atoms with E-state index in [9.17, 15) is 4.79 Å². The molecule has 0 amide bonds. The smallest absolute Gasteiger partial charge is 0.252 e. The molecule has 0 fully saturated rings. The van der Waals surface area contributed by atoms with Crippen molar-refractivity contribution < 1.29 is 18.9 Å². The highest BCUT2D eigenvalue weighted by Crippen LogP contribution is 2.36. The molecule has 0 saturated heterocycles. The van der Waals surface area contributed by atoms with Gasteiger partial charge in [-0.15, -0.1) is 5.10 Å². The third-order valence-corrected chi connectivity index (χ3v) is 8.15. The van der Waals surface area contributed by atoms with Crippen molar-refractivity contribution in [3.8, 4) is 23.0 Å². The number of aromatic nitrogens is 5. The van der Waals surface area contributed by atoms with E-state index in [1.54, 1.807) is 14.2 Å². The summed E-state index contributed by atoms with van der Waals surface area (Å²) in [5.41, 5.74) is 2.03. The first-order chi connectivity index (χ1) is 20.1. The fourth-order valence-corrected chi connectivity index (χ4v) is 5.45. The number of tetrazole rings is 1. The average Bonchev–Trinajstić information content (AvgIpc) is 3.65. The van der Waals surface area contributed by atoms with Gasteiger partial charge in [0.25, 0.3) is 5.56 Å². The molecule has 1 N–H and O–H groups in total. The summed E-state index contributed by atoms with van der Waals surface area (Å²) in [6.45, 7) is 11.9. The van der Waals surface area contributed by atoms with Crippen molar-refractivity contribution in [3.05, 3.63) is 63.7 Å². The Balaban J connectivity index is 1.54. The van der Waals surface area contributed by atoms with Crippen LogP contribution in [0.4, 0.5) is 0 Å². The van der Waals surface area contributed by atoms with E-state index in [1.807, 2.05) is 41.1 Å². The first kappa shape index (κ1) is 29.4. The van der Waals surface area contributed by atoms with Gasteiger partial charge in [0.05, 0.1) is 31.3 Å². The van der Waals surface area contributed by atoms with Crippen LogP contribution in [0.5, 0.6) is 23.0 Å². The van der Waals surface area contributed by atoms with Crippen LogP contribution < -0.4 is 24.5 Å². The van der Waals surface area contributed by atoms with E-state index in [-0.39, 0.29) is 29.9 Å². The van der Waals surface area contributed by atoms with Gasteiger partial charge in [-0.2, -0.15) is 0 Å². The SMILES string of the molecule is CCC(C)(C)n1nnnc1C(C(C)C)N(CCc1ccc(OC)c(OC)c1)Cc1cc2cc3c(cc2[nH]c1=O)OCO3. The molecule has 11 nitrogen and oxygen atoms in total. The molecule has 1 aliphatic rings. The van der Waals surface area contributed by atoms with Crippen molar-refractivity contribution in [2.75, 3.05) is 27.6 Å². The summed E-state index contributed by atoms with van der Waals surface area (Å²) in [5, 5.41) is 13.9. The van der Waals surface area contributed by atoms with Crippen LogP contribution >= 0.6 is 0 Å². The second kappa shape index (κ2) is 12.0. The fourth-order valence-electron chi connectivity index (χ4n) is 5.45. The number of nitrogens with one attached hydrogen (secondary N) is 1. The Morgan fingerprint density at radius 2 is 1.81 bits per heavy atom. The maximum absolute atomic E-state index is 13.4. The first-order valence-corrected chi connectivity index (χ1v) is 14.3. The standard InChI is InChI=1S/C31H40N6O5/c1-8-31(4,5)37-29(33-34-35-37)28(19(2)3)36(12-11-20-9-10-24(39-6)25(13-20)40-7)17-22-14-21-15-26-27(42-18-41-26)16-23(21)32-30(22)38/h9-10,13-16,19,28H,8,11-12,17-18H2,1-7H3,(H,32,38). The van der Waals surface area contributed by atoms with Gasteiger partial charge >= 0.3 is 0 Å². The summed E-state index contributed by atoms with van der Waals surface area (Å²) in [5.74, 6) is 3.61. The number of benzene rings is 2. The lowest BCUT2D eigenvalue weighted by molar-refractivity contribution is 0.127. The molecule has 1 aliphatic heterocycles. The normalized spacial score (nSPS) is 13.7. The summed E-state index contributed by atoms with van der Waals surface area (Å²) in [7, 11) is 3.26. The van der Waals surface area contributed by atoms with E-state index in [0.29, 0.717) is 53.6 Å². The molecule has 1 atom stereocenters. The molecule has 4 aromatic rings. The van der Waals surface area contributed by atoms with Gasteiger partial charge in [0.2, 0.25) is 6.79 Å². The van der Waals surface area contributed by atoms with E-state index in [1.165, 1.54) is 0 Å². The maximum atomic E-state index is 13.4. The summed E-state index contributed by atoms with van der Waals surface area (Å²) >= 11 is 0. The first-order valence-electron chi connectivity index (χ1n) is 14.3. The van der Waals surface area contributed by atoms with E-state index < -0.39 is 0 Å². The average molecular weight is 577 g/mol. The van der Waals surface area contributed by atoms with Crippen molar-refractivity contribution in [2.45, 2.75) is 65.6 Å². The van der Waals surface area contributed by atoms with Crippen LogP contribution in [0.2, 0.25) is 0 Å². The van der Waals surface area contributed by atoms with Crippen molar-refractivity contribution in [2.24, 2.45) is 5.92 Å². The van der Waals surface area contributed by atoms with Gasteiger partial charge in [0.1, 0.15) is 0 Å². The minimum Gasteiger partial charge on any atom is -0.493 e. The molecule has 3 heterocycles. The predicted octanol–water partition coefficient (Wildman–Crippen LogP) is 4.85. The van der Waals surface area contributed by atoms with Crippen LogP contribution in [0.15, 0.2) is 41.2 Å². The quantitative estimate of drug-likeness (QED) is 0.253. The Morgan fingerprint density at radius 1 is 1.07 bits per heavy atom. The Labute approximate surface area is 245 Å². The topological polar surface area (TPSA) is 117 Å². The third kappa shape index (κ3) is 5.78. The molecule has 2 aromatic carbocycles. The van der Waals surface area contributed by atoms with Crippen molar-refractivity contribution in [1.82, 2.24) is 30.1 Å². The van der Waals surface area contributed by atoms with Crippen LogP contribution in [0.3, 0.4) is 0 Å².